The van der Waals surface area contributed by atoms with Gasteiger partial charge in [-0.05, 0) is 29.8 Å². The first-order valence-corrected chi connectivity index (χ1v) is 11.0. The summed E-state index contributed by atoms with van der Waals surface area (Å²) >= 11 is 0.839. The van der Waals surface area contributed by atoms with Crippen LogP contribution in [-0.4, -0.2) is 34.6 Å². The van der Waals surface area contributed by atoms with E-state index in [2.05, 4.69) is 5.32 Å². The summed E-state index contributed by atoms with van der Waals surface area (Å²) in [5.41, 5.74) is -3.03. The van der Waals surface area contributed by atoms with Crippen LogP contribution in [0.1, 0.15) is 16.7 Å². The number of benzene rings is 1. The molecule has 0 aliphatic carbocycles. The number of nitrogens with one attached hydrogen (secondary N) is 1. The Morgan fingerprint density at radius 3 is 2.20 bits per heavy atom. The molecule has 13 heteroatoms. The largest absolute Gasteiger partial charge is 0.416 e. The molecule has 0 atom stereocenters. The highest BCUT2D eigenvalue weighted by molar-refractivity contribution is 7.92. The van der Waals surface area contributed by atoms with Gasteiger partial charge in [-0.2, -0.15) is 26.3 Å². The van der Waals surface area contributed by atoms with Crippen LogP contribution in [0.3, 0.4) is 0 Å². The molecule has 1 aliphatic heterocycles. The molecule has 0 amide bonds. The number of anilines is 1. The van der Waals surface area contributed by atoms with Crippen LogP contribution < -0.4 is 10.2 Å². The van der Waals surface area contributed by atoms with Crippen LogP contribution in [0.2, 0.25) is 0 Å². The molecule has 1 saturated heterocycles. The van der Waals surface area contributed by atoms with Crippen molar-refractivity contribution in [2.24, 2.45) is 0 Å². The second kappa shape index (κ2) is 8.93. The fourth-order valence-electron chi connectivity index (χ4n) is 3.00. The molecule has 1 aliphatic rings. The molecule has 1 aromatic heterocycles. The normalized spacial score (nSPS) is 15.7. The van der Waals surface area contributed by atoms with Gasteiger partial charge >= 0.3 is 12.4 Å². The Morgan fingerprint density at radius 2 is 1.63 bits per heavy atom. The maximum Gasteiger partial charge on any atom is 0.416 e. The summed E-state index contributed by atoms with van der Waals surface area (Å²) in [6.07, 6.45) is -9.86. The zero-order valence-electron chi connectivity index (χ0n) is 15.2. The maximum atomic E-state index is 13.2. The summed E-state index contributed by atoms with van der Waals surface area (Å²) in [4.78, 5) is 1.93. The molecule has 3 rings (SSSR count). The molecule has 0 unspecified atom stereocenters. The van der Waals surface area contributed by atoms with Crippen molar-refractivity contribution in [2.45, 2.75) is 22.3 Å². The van der Waals surface area contributed by atoms with Crippen molar-refractivity contribution in [1.29, 1.82) is 0 Å². The van der Waals surface area contributed by atoms with E-state index in [0.29, 0.717) is 37.9 Å². The first-order chi connectivity index (χ1) is 13.4. The minimum Gasteiger partial charge on any atom is -0.368 e. The average molecular weight is 495 g/mol. The summed E-state index contributed by atoms with van der Waals surface area (Å²) in [6, 6.07) is 2.18. The first-order valence-electron chi connectivity index (χ1n) is 8.42. The molecule has 168 valence electrons. The summed E-state index contributed by atoms with van der Waals surface area (Å²) < 4.78 is 104. The van der Waals surface area contributed by atoms with Crippen molar-refractivity contribution >= 4 is 39.3 Å². The molecule has 2 heterocycles. The summed E-state index contributed by atoms with van der Waals surface area (Å²) in [7, 11) is -4.27. The van der Waals surface area contributed by atoms with Crippen LogP contribution in [0.5, 0.6) is 0 Å². The standard InChI is InChI=1S/C17H16F6N2O2S2.ClH/c18-16(19,20)12-1-2-14(17(21,22)23)11(7-12)10-29(26,27)15-8-13(9-28-15)25-5-3-24-4-6-25;/h1-2,7-9,24H,3-6,10H2;1H. The van der Waals surface area contributed by atoms with E-state index >= 15 is 0 Å². The van der Waals surface area contributed by atoms with Crippen LogP contribution >= 0.6 is 23.7 Å². The van der Waals surface area contributed by atoms with Gasteiger partial charge in [0.1, 0.15) is 4.21 Å². The van der Waals surface area contributed by atoms with Gasteiger partial charge in [-0.3, -0.25) is 0 Å². The zero-order valence-corrected chi connectivity index (χ0v) is 17.6. The van der Waals surface area contributed by atoms with Gasteiger partial charge in [0.2, 0.25) is 0 Å². The van der Waals surface area contributed by atoms with E-state index in [1.165, 1.54) is 6.07 Å². The highest BCUT2D eigenvalue weighted by atomic mass is 35.5. The molecule has 4 nitrogen and oxygen atoms in total. The van der Waals surface area contributed by atoms with Gasteiger partial charge in [0.05, 0.1) is 16.9 Å². The minimum atomic E-state index is -4.98. The molecule has 0 spiro atoms. The average Bonchev–Trinajstić information content (AvgIpc) is 3.11. The highest BCUT2D eigenvalue weighted by Gasteiger charge is 2.38. The third-order valence-corrected chi connectivity index (χ3v) is 7.62. The SMILES string of the molecule is Cl.O=S(=O)(Cc1cc(C(F)(F)F)ccc1C(F)(F)F)c1cc(N2CCNCC2)cs1. The van der Waals surface area contributed by atoms with E-state index in [1.54, 1.807) is 5.38 Å². The van der Waals surface area contributed by atoms with E-state index < -0.39 is 44.6 Å². The Kier molecular flexibility index (Phi) is 7.37. The maximum absolute atomic E-state index is 13.2. The van der Waals surface area contributed by atoms with Crippen molar-refractivity contribution in [1.82, 2.24) is 5.32 Å². The predicted molar refractivity (Wildman–Crippen MR) is 104 cm³/mol. The van der Waals surface area contributed by atoms with Crippen molar-refractivity contribution in [3.8, 4) is 0 Å². The number of rotatable bonds is 4. The monoisotopic (exact) mass is 494 g/mol. The van der Waals surface area contributed by atoms with Gasteiger partial charge in [-0.25, -0.2) is 8.42 Å². The van der Waals surface area contributed by atoms with Crippen LogP contribution in [0.25, 0.3) is 0 Å². The number of hydrogen-bond donors (Lipinski definition) is 1. The molecular formula is C17H17ClF6N2O2S2. The number of alkyl halides is 6. The summed E-state index contributed by atoms with van der Waals surface area (Å²) in [5, 5.41) is 4.72. The third-order valence-electron chi connectivity index (χ3n) is 4.43. The molecule has 0 radical (unpaired) electrons. The Balaban J connectivity index is 0.00000320. The molecular weight excluding hydrogens is 478 g/mol. The number of piperazine rings is 1. The third kappa shape index (κ3) is 5.59. The van der Waals surface area contributed by atoms with Crippen molar-refractivity contribution in [2.75, 3.05) is 31.1 Å². The number of thiophene rings is 1. The molecule has 30 heavy (non-hydrogen) atoms. The number of sulfone groups is 1. The molecule has 1 fully saturated rings. The van der Waals surface area contributed by atoms with E-state index in [4.69, 9.17) is 0 Å². The Bertz CT molecular complexity index is 983. The van der Waals surface area contributed by atoms with E-state index in [0.717, 1.165) is 11.3 Å². The zero-order chi connectivity index (χ0) is 21.4. The van der Waals surface area contributed by atoms with Crippen LogP contribution in [0.15, 0.2) is 33.9 Å². The molecule has 1 N–H and O–H groups in total. The van der Waals surface area contributed by atoms with Gasteiger partial charge in [0.15, 0.2) is 9.84 Å². The van der Waals surface area contributed by atoms with Crippen molar-refractivity contribution in [3.63, 3.8) is 0 Å². The van der Waals surface area contributed by atoms with Gasteiger partial charge in [0.25, 0.3) is 0 Å². The van der Waals surface area contributed by atoms with Gasteiger partial charge in [-0.1, -0.05) is 0 Å². The fraction of sp³-hybridized carbons (Fsp3) is 0.412. The van der Waals surface area contributed by atoms with Gasteiger partial charge in [0, 0.05) is 37.2 Å². The predicted octanol–water partition coefficient (Wildman–Crippen LogP) is 4.59. The van der Waals surface area contributed by atoms with Gasteiger partial charge in [-0.15, -0.1) is 23.7 Å². The molecule has 0 saturated carbocycles. The van der Waals surface area contributed by atoms with Crippen LogP contribution in [0, 0.1) is 0 Å². The van der Waals surface area contributed by atoms with E-state index in [1.807, 2.05) is 4.90 Å². The van der Waals surface area contributed by atoms with Crippen LogP contribution in [0.4, 0.5) is 32.0 Å². The smallest absolute Gasteiger partial charge is 0.368 e. The lowest BCUT2D eigenvalue weighted by atomic mass is 10.0. The summed E-state index contributed by atoms with van der Waals surface area (Å²) in [5.74, 6) is -1.17. The second-order valence-electron chi connectivity index (χ2n) is 6.49. The molecule has 2 aromatic rings. The van der Waals surface area contributed by atoms with Crippen molar-refractivity contribution < 1.29 is 34.8 Å². The Hall–Kier alpha value is -1.50. The van der Waals surface area contributed by atoms with Crippen molar-refractivity contribution in [3.05, 3.63) is 46.3 Å². The van der Waals surface area contributed by atoms with Gasteiger partial charge < -0.3 is 10.2 Å². The first kappa shape index (κ1) is 24.8. The van der Waals surface area contributed by atoms with Crippen LogP contribution in [-0.2, 0) is 27.9 Å². The number of nitrogens with zero attached hydrogens (tertiary/aromatic N) is 1. The Morgan fingerprint density at radius 1 is 1.00 bits per heavy atom. The molecule has 1 aromatic carbocycles. The lowest BCUT2D eigenvalue weighted by molar-refractivity contribution is -0.141. The highest BCUT2D eigenvalue weighted by Crippen LogP contribution is 2.38. The van der Waals surface area contributed by atoms with E-state index in [-0.39, 0.29) is 28.7 Å². The summed E-state index contributed by atoms with van der Waals surface area (Å²) in [6.45, 7) is 2.69. The second-order valence-corrected chi connectivity index (χ2v) is 9.62. The lowest BCUT2D eigenvalue weighted by Crippen LogP contribution is -2.43. The Labute approximate surface area is 179 Å². The topological polar surface area (TPSA) is 49.4 Å². The number of hydrogen-bond acceptors (Lipinski definition) is 5. The quantitative estimate of drug-likeness (QED) is 0.632. The minimum absolute atomic E-state index is 0. The fourth-order valence-corrected chi connectivity index (χ4v) is 5.64. The molecule has 0 bridgehead atoms. The number of halogens is 7. The van der Waals surface area contributed by atoms with E-state index in [9.17, 15) is 34.8 Å². The lowest BCUT2D eigenvalue weighted by Gasteiger charge is -2.28.